The van der Waals surface area contributed by atoms with E-state index in [-0.39, 0.29) is 18.0 Å². The van der Waals surface area contributed by atoms with Gasteiger partial charge in [0.05, 0.1) is 0 Å². The van der Waals surface area contributed by atoms with E-state index in [1.54, 1.807) is 12.3 Å². The Morgan fingerprint density at radius 2 is 2.16 bits per heavy atom. The normalized spacial score (nSPS) is 14.0. The molecule has 2 aromatic heterocycles. The molecule has 0 aliphatic carbocycles. The van der Waals surface area contributed by atoms with Crippen LogP contribution in [0.1, 0.15) is 31.6 Å². The van der Waals surface area contributed by atoms with E-state index in [1.807, 2.05) is 12.1 Å². The van der Waals surface area contributed by atoms with Gasteiger partial charge < -0.3 is 9.73 Å². The van der Waals surface area contributed by atoms with Gasteiger partial charge in [0.1, 0.15) is 5.69 Å². The Morgan fingerprint density at radius 3 is 2.88 bits per heavy atom. The topological polar surface area (TPSA) is 106 Å². The average molecular weight is 338 g/mol. The molecule has 0 bridgehead atoms. The van der Waals surface area contributed by atoms with Gasteiger partial charge in [0.25, 0.3) is 5.89 Å². The van der Waals surface area contributed by atoms with Crippen LogP contribution in [0.2, 0.25) is 0 Å². The fourth-order valence-corrected chi connectivity index (χ4v) is 2.33. The minimum atomic E-state index is -0.371. The van der Waals surface area contributed by atoms with Gasteiger partial charge in [0.2, 0.25) is 11.8 Å². The monoisotopic (exact) mass is 338 g/mol. The molecule has 25 heavy (non-hydrogen) atoms. The molecule has 0 saturated carbocycles. The van der Waals surface area contributed by atoms with Gasteiger partial charge in [-0.1, -0.05) is 6.07 Å². The highest BCUT2D eigenvalue weighted by molar-refractivity contribution is 5.76. The first-order valence-electron chi connectivity index (χ1n) is 8.09. The molecule has 1 aliphatic rings. The molecule has 0 saturated heterocycles. The maximum absolute atomic E-state index is 11.9. The third-order valence-corrected chi connectivity index (χ3v) is 3.82. The fourth-order valence-electron chi connectivity index (χ4n) is 2.33. The van der Waals surface area contributed by atoms with Gasteiger partial charge in [-0.25, -0.2) is 0 Å². The highest BCUT2D eigenvalue weighted by Crippen LogP contribution is 2.35. The first-order valence-corrected chi connectivity index (χ1v) is 8.09. The zero-order chi connectivity index (χ0) is 17.5. The minimum Gasteiger partial charge on any atom is -0.419 e. The number of hydrogen-bond donors (Lipinski definition) is 1. The quantitative estimate of drug-likeness (QED) is 0.705. The van der Waals surface area contributed by atoms with Crippen LogP contribution in [0.15, 0.2) is 39.0 Å². The van der Waals surface area contributed by atoms with Crippen LogP contribution >= 0.6 is 0 Å². The Labute approximate surface area is 145 Å². The van der Waals surface area contributed by atoms with Crippen LogP contribution in [0.25, 0.3) is 11.6 Å². The van der Waals surface area contributed by atoms with Crippen LogP contribution in [-0.4, -0.2) is 33.3 Å². The van der Waals surface area contributed by atoms with Crippen molar-refractivity contribution in [3.8, 4) is 23.9 Å². The smallest absolute Gasteiger partial charge is 0.266 e. The summed E-state index contributed by atoms with van der Waals surface area (Å²) >= 11 is 0. The maximum atomic E-state index is 11.9. The molecule has 8 nitrogen and oxygen atoms in total. The van der Waals surface area contributed by atoms with Crippen molar-refractivity contribution < 1.29 is 9.21 Å². The van der Waals surface area contributed by atoms with E-state index in [2.05, 4.69) is 36.6 Å². The van der Waals surface area contributed by atoms with Crippen molar-refractivity contribution in [1.29, 1.82) is 0 Å². The van der Waals surface area contributed by atoms with E-state index in [9.17, 15) is 4.79 Å². The predicted octanol–water partition coefficient (Wildman–Crippen LogP) is 2.15. The third kappa shape index (κ3) is 4.70. The standard InChI is InChI=1S/C17H18N6O2/c1-2-3-9-17(22-23-17)10-12-19-14(24)7-8-15-20-21-16(25-15)13-6-4-5-11-18-13/h1,4-6,11H,3,7-10,12H2,(H,19,24). The number of carbonyl (C=O) groups excluding carboxylic acids is 1. The van der Waals surface area contributed by atoms with E-state index in [0.717, 1.165) is 6.42 Å². The fraction of sp³-hybridized carbons (Fsp3) is 0.412. The SMILES string of the molecule is C#CCCC1(CCNC(=O)CCc2nnc(-c3ccccn3)o2)N=N1. The van der Waals surface area contributed by atoms with E-state index < -0.39 is 0 Å². The summed E-state index contributed by atoms with van der Waals surface area (Å²) in [4.78, 5) is 16.0. The van der Waals surface area contributed by atoms with Crippen molar-refractivity contribution in [1.82, 2.24) is 20.5 Å². The number of amides is 1. The molecule has 0 atom stereocenters. The van der Waals surface area contributed by atoms with Crippen molar-refractivity contribution in [2.24, 2.45) is 10.2 Å². The van der Waals surface area contributed by atoms with E-state index in [1.165, 1.54) is 0 Å². The molecule has 1 amide bonds. The molecule has 3 heterocycles. The van der Waals surface area contributed by atoms with Crippen molar-refractivity contribution in [3.63, 3.8) is 0 Å². The highest BCUT2D eigenvalue weighted by Gasteiger charge is 2.38. The lowest BCUT2D eigenvalue weighted by molar-refractivity contribution is -0.121. The third-order valence-electron chi connectivity index (χ3n) is 3.82. The zero-order valence-electron chi connectivity index (χ0n) is 13.7. The van der Waals surface area contributed by atoms with Crippen LogP contribution < -0.4 is 5.32 Å². The Bertz CT molecular complexity index is 787. The van der Waals surface area contributed by atoms with Gasteiger partial charge in [-0.3, -0.25) is 9.78 Å². The molecular weight excluding hydrogens is 320 g/mol. The second kappa shape index (κ2) is 7.66. The second-order valence-corrected chi connectivity index (χ2v) is 5.70. The van der Waals surface area contributed by atoms with Crippen LogP contribution in [0.5, 0.6) is 0 Å². The summed E-state index contributed by atoms with van der Waals surface area (Å²) in [6.45, 7) is 0.513. The molecule has 1 aliphatic heterocycles. The van der Waals surface area contributed by atoms with E-state index in [4.69, 9.17) is 10.8 Å². The lowest BCUT2D eigenvalue weighted by Crippen LogP contribution is -2.28. The van der Waals surface area contributed by atoms with Gasteiger partial charge in [0, 0.05) is 44.8 Å². The Hall–Kier alpha value is -3.08. The van der Waals surface area contributed by atoms with E-state index in [0.29, 0.717) is 43.3 Å². The summed E-state index contributed by atoms with van der Waals surface area (Å²) in [5, 5.41) is 18.8. The van der Waals surface area contributed by atoms with Gasteiger partial charge >= 0.3 is 0 Å². The lowest BCUT2D eigenvalue weighted by atomic mass is 10.0. The summed E-state index contributed by atoms with van der Waals surface area (Å²) in [5.41, 5.74) is 0.240. The maximum Gasteiger partial charge on any atom is 0.266 e. The van der Waals surface area contributed by atoms with Crippen molar-refractivity contribution >= 4 is 5.91 Å². The molecule has 0 radical (unpaired) electrons. The molecule has 0 fully saturated rings. The Balaban J connectivity index is 1.38. The summed E-state index contributed by atoms with van der Waals surface area (Å²) in [7, 11) is 0. The molecule has 3 rings (SSSR count). The average Bonchev–Trinajstić information content (AvgIpc) is 3.24. The zero-order valence-corrected chi connectivity index (χ0v) is 13.7. The van der Waals surface area contributed by atoms with Crippen LogP contribution in [0.3, 0.4) is 0 Å². The number of hydrogen-bond acceptors (Lipinski definition) is 7. The molecule has 1 N–H and O–H groups in total. The molecule has 8 heteroatoms. The van der Waals surface area contributed by atoms with Gasteiger partial charge in [-0.2, -0.15) is 10.2 Å². The summed E-state index contributed by atoms with van der Waals surface area (Å²) < 4.78 is 5.52. The molecular formula is C17H18N6O2. The predicted molar refractivity (Wildman–Crippen MR) is 89.1 cm³/mol. The molecule has 128 valence electrons. The van der Waals surface area contributed by atoms with Crippen molar-refractivity contribution in [3.05, 3.63) is 30.3 Å². The van der Waals surface area contributed by atoms with Crippen molar-refractivity contribution in [2.45, 2.75) is 37.8 Å². The Morgan fingerprint density at radius 1 is 1.28 bits per heavy atom. The van der Waals surface area contributed by atoms with Crippen LogP contribution in [0, 0.1) is 12.3 Å². The van der Waals surface area contributed by atoms with Gasteiger partial charge in [-0.15, -0.1) is 22.5 Å². The summed E-state index contributed by atoms with van der Waals surface area (Å²) in [6.07, 6.45) is 9.59. The number of aromatic nitrogens is 3. The molecule has 0 aromatic carbocycles. The number of rotatable bonds is 9. The number of pyridine rings is 1. The lowest BCUT2D eigenvalue weighted by Gasteiger charge is -2.09. The summed E-state index contributed by atoms with van der Waals surface area (Å²) in [6, 6.07) is 5.44. The van der Waals surface area contributed by atoms with Gasteiger partial charge in [0.15, 0.2) is 5.66 Å². The summed E-state index contributed by atoms with van der Waals surface area (Å²) in [5.74, 6) is 3.26. The van der Waals surface area contributed by atoms with Gasteiger partial charge in [-0.05, 0) is 12.1 Å². The minimum absolute atomic E-state index is 0.0784. The van der Waals surface area contributed by atoms with Crippen LogP contribution in [-0.2, 0) is 11.2 Å². The number of carbonyl (C=O) groups is 1. The van der Waals surface area contributed by atoms with Crippen LogP contribution in [0.4, 0.5) is 0 Å². The van der Waals surface area contributed by atoms with E-state index >= 15 is 0 Å². The highest BCUT2D eigenvalue weighted by atomic mass is 16.4. The number of terminal acetylenes is 1. The van der Waals surface area contributed by atoms with Crippen molar-refractivity contribution in [2.75, 3.05) is 6.54 Å². The first kappa shape index (κ1) is 16.8. The first-order chi connectivity index (χ1) is 12.2. The number of nitrogens with one attached hydrogen (secondary N) is 1. The molecule has 2 aromatic rings. The molecule has 0 unspecified atom stereocenters. The number of aryl methyl sites for hydroxylation is 1. The second-order valence-electron chi connectivity index (χ2n) is 5.70. The molecule has 0 spiro atoms. The Kier molecular flexibility index (Phi) is 5.14. The number of nitrogens with zero attached hydrogens (tertiary/aromatic N) is 5. The largest absolute Gasteiger partial charge is 0.419 e.